The summed E-state index contributed by atoms with van der Waals surface area (Å²) in [4.78, 5) is 15.4. The largest absolute Gasteiger partial charge is 0.455 e. The van der Waals surface area contributed by atoms with Crippen LogP contribution in [0.4, 0.5) is 0 Å². The van der Waals surface area contributed by atoms with Crippen LogP contribution in [0.15, 0.2) is 198 Å². The van der Waals surface area contributed by atoms with Gasteiger partial charge in [0.25, 0.3) is 0 Å². The zero-order valence-corrected chi connectivity index (χ0v) is 30.7. The molecule has 12 rings (SSSR count). The average molecular weight is 747 g/mol. The minimum absolute atomic E-state index is 0.0619. The van der Waals surface area contributed by atoms with Gasteiger partial charge in [0.05, 0.1) is 24.9 Å². The molecule has 5 heteroatoms. The Balaban J connectivity index is 1.19. The molecule has 0 aliphatic rings. The van der Waals surface area contributed by atoms with Gasteiger partial charge in [0.1, 0.15) is 11.2 Å². The maximum Gasteiger partial charge on any atom is 0.164 e. The molecule has 9 aromatic carbocycles. The highest BCUT2D eigenvalue weighted by molar-refractivity contribution is 6.12. The van der Waals surface area contributed by atoms with Crippen molar-refractivity contribution in [1.29, 1.82) is 0 Å². The Bertz CT molecular complexity index is 3780. The van der Waals surface area contributed by atoms with Crippen LogP contribution < -0.4 is 0 Å². The average Bonchev–Trinajstić information content (AvgIpc) is 3.90. The molecule has 0 atom stereocenters. The molecule has 0 unspecified atom stereocenters. The second-order valence-electron chi connectivity index (χ2n) is 14.3. The van der Waals surface area contributed by atoms with Crippen molar-refractivity contribution < 1.29 is 12.6 Å². The van der Waals surface area contributed by atoms with Crippen molar-refractivity contribution in [3.8, 4) is 51.0 Å². The summed E-state index contributed by atoms with van der Waals surface area (Å²) in [5, 5.41) is 6.44. The molecular formula is C53H32N4O. The van der Waals surface area contributed by atoms with E-state index >= 15 is 0 Å². The van der Waals surface area contributed by atoms with Crippen molar-refractivity contribution >= 4 is 65.3 Å². The number of furan rings is 1. The highest BCUT2D eigenvalue weighted by Crippen LogP contribution is 2.42. The number of hydrogen-bond donors (Lipinski definition) is 0. The van der Waals surface area contributed by atoms with Crippen molar-refractivity contribution in [2.45, 2.75) is 0 Å². The second-order valence-corrected chi connectivity index (χ2v) is 14.3. The lowest BCUT2D eigenvalue weighted by molar-refractivity contribution is 0.670. The van der Waals surface area contributed by atoms with E-state index < -0.39 is 0 Å². The molecule has 0 amide bonds. The van der Waals surface area contributed by atoms with E-state index in [4.69, 9.17) is 24.9 Å². The van der Waals surface area contributed by atoms with Gasteiger partial charge < -0.3 is 8.98 Å². The van der Waals surface area contributed by atoms with Gasteiger partial charge in [-0.3, -0.25) is 0 Å². The van der Waals surface area contributed by atoms with Crippen LogP contribution in [0.25, 0.3) is 116 Å². The molecule has 5 nitrogen and oxygen atoms in total. The molecule has 270 valence electrons. The van der Waals surface area contributed by atoms with Gasteiger partial charge in [-0.15, -0.1) is 0 Å². The summed E-state index contributed by atoms with van der Waals surface area (Å²) in [6, 6.07) is 49.9. The molecule has 0 radical (unpaired) electrons. The molecule has 0 aliphatic heterocycles. The summed E-state index contributed by atoms with van der Waals surface area (Å²) >= 11 is 0. The van der Waals surface area contributed by atoms with E-state index in [0.29, 0.717) is 39.9 Å². The standard InChI is InChI=1S/C53H32N4O/c1-3-14-35-30-37(26-24-33(35)12-1)51-54-52(38-27-25-34-13-2-4-15-36(34)31-38)56-53(55-51)39-28-29-42(44-19-11-20-45-43-18-7-10-23-49(43)58-50(44)45)48(32-39)57-46-21-8-5-16-40(46)41-17-6-9-22-47(41)57/h1-32H/i5D,6D,16D,17D,21D,22D. The third-order valence-corrected chi connectivity index (χ3v) is 11.0. The van der Waals surface area contributed by atoms with Crippen molar-refractivity contribution in [2.24, 2.45) is 0 Å². The predicted octanol–water partition coefficient (Wildman–Crippen LogP) is 13.8. The van der Waals surface area contributed by atoms with Gasteiger partial charge in [0, 0.05) is 49.4 Å². The van der Waals surface area contributed by atoms with Crippen LogP contribution in [0.2, 0.25) is 0 Å². The van der Waals surface area contributed by atoms with E-state index in [-0.39, 0.29) is 58.1 Å². The van der Waals surface area contributed by atoms with Crippen LogP contribution in [0.3, 0.4) is 0 Å². The zero-order chi connectivity index (χ0) is 43.4. The number of hydrogen-bond acceptors (Lipinski definition) is 4. The van der Waals surface area contributed by atoms with Gasteiger partial charge in [0.2, 0.25) is 0 Å². The van der Waals surface area contributed by atoms with Crippen LogP contribution in [0.1, 0.15) is 8.22 Å². The van der Waals surface area contributed by atoms with Gasteiger partial charge in [-0.2, -0.15) is 0 Å². The Morgan fingerprint density at radius 1 is 0.414 bits per heavy atom. The molecule has 12 aromatic rings. The lowest BCUT2D eigenvalue weighted by Gasteiger charge is -2.16. The molecule has 0 aliphatic carbocycles. The lowest BCUT2D eigenvalue weighted by atomic mass is 9.98. The van der Waals surface area contributed by atoms with Crippen molar-refractivity contribution in [2.75, 3.05) is 0 Å². The summed E-state index contributed by atoms with van der Waals surface area (Å²) in [5.74, 6) is 1.32. The van der Waals surface area contributed by atoms with E-state index in [1.165, 1.54) is 12.1 Å². The number of fused-ring (bicyclic) bond motifs is 8. The van der Waals surface area contributed by atoms with Gasteiger partial charge in [-0.05, 0) is 57.9 Å². The van der Waals surface area contributed by atoms with Crippen LogP contribution in [-0.2, 0) is 0 Å². The quantitative estimate of drug-likeness (QED) is 0.176. The van der Waals surface area contributed by atoms with E-state index in [1.807, 2.05) is 97.1 Å². The van der Waals surface area contributed by atoms with E-state index in [2.05, 4.69) is 48.5 Å². The van der Waals surface area contributed by atoms with Gasteiger partial charge in [-0.25, -0.2) is 15.0 Å². The summed E-state index contributed by atoms with van der Waals surface area (Å²) in [7, 11) is 0. The maximum atomic E-state index is 9.33. The SMILES string of the molecule is [2H]c1cc([2H])c2c(c1[2H])c1c([2H])c([2H])cc([2H])c1n2-c1cc(-c2nc(-c3ccc4ccccc4c3)nc(-c3ccc4ccccc4c3)n2)ccc1-c1cccc2c1oc1ccccc12. The fraction of sp³-hybridized carbons (Fsp3) is 0. The fourth-order valence-electron chi connectivity index (χ4n) is 8.22. The van der Waals surface area contributed by atoms with E-state index in [1.54, 1.807) is 4.57 Å². The lowest BCUT2D eigenvalue weighted by Crippen LogP contribution is -2.02. The zero-order valence-electron chi connectivity index (χ0n) is 36.7. The minimum atomic E-state index is -0.192. The first kappa shape index (κ1) is 26.8. The number of rotatable bonds is 5. The molecule has 3 heterocycles. The van der Waals surface area contributed by atoms with Crippen LogP contribution in [0.5, 0.6) is 0 Å². The number of nitrogens with zero attached hydrogens (tertiary/aromatic N) is 4. The number of para-hydroxylation sites is 4. The molecule has 0 saturated carbocycles. The molecule has 0 N–H and O–H groups in total. The molecular weight excluding hydrogens is 709 g/mol. The maximum absolute atomic E-state index is 9.33. The van der Waals surface area contributed by atoms with Gasteiger partial charge in [0.15, 0.2) is 17.5 Å². The summed E-state index contributed by atoms with van der Waals surface area (Å²) < 4.78 is 62.5. The Hall–Kier alpha value is -7.89. The molecule has 3 aromatic heterocycles. The topological polar surface area (TPSA) is 56.7 Å². The Labute approximate surface area is 341 Å². The predicted molar refractivity (Wildman–Crippen MR) is 238 cm³/mol. The fourth-order valence-corrected chi connectivity index (χ4v) is 8.22. The van der Waals surface area contributed by atoms with Crippen molar-refractivity contribution in [1.82, 2.24) is 19.5 Å². The first-order valence-electron chi connectivity index (χ1n) is 22.0. The van der Waals surface area contributed by atoms with Crippen LogP contribution in [-0.4, -0.2) is 19.5 Å². The van der Waals surface area contributed by atoms with Gasteiger partial charge in [-0.1, -0.05) is 158 Å². The summed E-state index contributed by atoms with van der Waals surface area (Å²) in [6.45, 7) is 0. The minimum Gasteiger partial charge on any atom is -0.455 e. The molecule has 0 saturated heterocycles. The Kier molecular flexibility index (Phi) is 5.94. The molecule has 0 fully saturated rings. The summed E-state index contributed by atoms with van der Waals surface area (Å²) in [5.41, 5.74) is 5.96. The molecule has 0 spiro atoms. The van der Waals surface area contributed by atoms with Gasteiger partial charge >= 0.3 is 0 Å². The van der Waals surface area contributed by atoms with Crippen molar-refractivity contribution in [3.63, 3.8) is 0 Å². The Morgan fingerprint density at radius 3 is 1.59 bits per heavy atom. The Morgan fingerprint density at radius 2 is 0.948 bits per heavy atom. The van der Waals surface area contributed by atoms with Crippen LogP contribution >= 0.6 is 0 Å². The van der Waals surface area contributed by atoms with Crippen molar-refractivity contribution in [3.05, 3.63) is 194 Å². The second kappa shape index (κ2) is 12.8. The highest BCUT2D eigenvalue weighted by atomic mass is 16.3. The normalized spacial score (nSPS) is 13.2. The molecule has 0 bridgehead atoms. The first-order valence-corrected chi connectivity index (χ1v) is 19.0. The first-order chi connectivity index (χ1) is 31.2. The monoisotopic (exact) mass is 746 g/mol. The number of benzene rings is 9. The third-order valence-electron chi connectivity index (χ3n) is 11.0. The third kappa shape index (κ3) is 5.14. The highest BCUT2D eigenvalue weighted by Gasteiger charge is 2.21. The van der Waals surface area contributed by atoms with Crippen LogP contribution in [0, 0.1) is 0 Å². The molecule has 58 heavy (non-hydrogen) atoms. The van der Waals surface area contributed by atoms with E-state index in [9.17, 15) is 2.74 Å². The smallest absolute Gasteiger partial charge is 0.164 e. The number of aromatic nitrogens is 4. The summed E-state index contributed by atoms with van der Waals surface area (Å²) in [6.07, 6.45) is 0. The van der Waals surface area contributed by atoms with E-state index in [0.717, 1.165) is 54.6 Å².